The van der Waals surface area contributed by atoms with Gasteiger partial charge in [0.1, 0.15) is 18.2 Å². The summed E-state index contributed by atoms with van der Waals surface area (Å²) in [6.45, 7) is 0.175. The molecular weight excluding hydrogens is 283 g/mol. The minimum Gasteiger partial charge on any atom is -0.496 e. The van der Waals surface area contributed by atoms with Crippen molar-refractivity contribution in [2.45, 2.75) is 6.61 Å². The molecule has 0 saturated carbocycles. The van der Waals surface area contributed by atoms with Gasteiger partial charge >= 0.3 is 0 Å². The molecule has 0 aliphatic rings. The Morgan fingerprint density at radius 1 is 1.18 bits per heavy atom. The van der Waals surface area contributed by atoms with Gasteiger partial charge in [-0.25, -0.2) is 4.39 Å². The van der Waals surface area contributed by atoms with E-state index in [9.17, 15) is 4.39 Å². The van der Waals surface area contributed by atoms with Crippen molar-refractivity contribution in [2.24, 2.45) is 5.73 Å². The zero-order valence-corrected chi connectivity index (χ0v) is 12.2. The Bertz CT molecular complexity index is 681. The predicted octanol–water partition coefficient (Wildman–Crippen LogP) is 3.33. The summed E-state index contributed by atoms with van der Waals surface area (Å²) in [6.07, 6.45) is 1.42. The molecular formula is C17H17FN2O2. The van der Waals surface area contributed by atoms with E-state index < -0.39 is 0 Å². The Balaban J connectivity index is 2.02. The summed E-state index contributed by atoms with van der Waals surface area (Å²) in [7, 11) is 1.56. The molecule has 4 nitrogen and oxygen atoms in total. The lowest BCUT2D eigenvalue weighted by atomic mass is 10.1. The maximum atomic E-state index is 12.8. The standard InChI is InChI=1S/C17H17FN2O2/c1-21-16-5-3-2-4-14(16)15(19)10-17(20)22-11-12-6-8-13(18)9-7-12/h2-10,20H,11,19H2,1H3/b15-10-,20-17?. The first-order valence-electron chi connectivity index (χ1n) is 6.66. The Morgan fingerprint density at radius 2 is 1.86 bits per heavy atom. The van der Waals surface area contributed by atoms with Gasteiger partial charge in [0.25, 0.3) is 0 Å². The smallest absolute Gasteiger partial charge is 0.208 e. The number of benzene rings is 2. The molecule has 2 rings (SSSR count). The third kappa shape index (κ3) is 4.09. The van der Waals surface area contributed by atoms with Crippen LogP contribution >= 0.6 is 0 Å². The first kappa shape index (κ1) is 15.6. The molecule has 0 aliphatic carbocycles. The van der Waals surface area contributed by atoms with Crippen molar-refractivity contribution in [2.75, 3.05) is 7.11 Å². The van der Waals surface area contributed by atoms with Crippen LogP contribution in [0.5, 0.6) is 5.75 Å². The van der Waals surface area contributed by atoms with E-state index in [4.69, 9.17) is 20.6 Å². The summed E-state index contributed by atoms with van der Waals surface area (Å²) in [5.41, 5.74) is 7.82. The first-order chi connectivity index (χ1) is 10.6. The second-order valence-electron chi connectivity index (χ2n) is 4.58. The number of hydrogen-bond donors (Lipinski definition) is 2. The van der Waals surface area contributed by atoms with Crippen LogP contribution in [0.4, 0.5) is 4.39 Å². The van der Waals surface area contributed by atoms with Gasteiger partial charge < -0.3 is 15.2 Å². The summed E-state index contributed by atoms with van der Waals surface area (Å²) in [5.74, 6) is 0.245. The minimum atomic E-state index is -0.306. The summed E-state index contributed by atoms with van der Waals surface area (Å²) in [4.78, 5) is 0. The third-order valence-corrected chi connectivity index (χ3v) is 3.01. The lowest BCUT2D eigenvalue weighted by molar-refractivity contribution is 0.292. The van der Waals surface area contributed by atoms with E-state index in [1.165, 1.54) is 18.2 Å². The lowest BCUT2D eigenvalue weighted by Gasteiger charge is -2.09. The molecule has 3 N–H and O–H groups in total. The zero-order chi connectivity index (χ0) is 15.9. The van der Waals surface area contributed by atoms with Crippen LogP contribution in [0.2, 0.25) is 0 Å². The highest BCUT2D eigenvalue weighted by Crippen LogP contribution is 2.22. The third-order valence-electron chi connectivity index (χ3n) is 3.01. The van der Waals surface area contributed by atoms with Crippen molar-refractivity contribution in [1.82, 2.24) is 0 Å². The molecule has 0 unspecified atom stereocenters. The summed E-state index contributed by atoms with van der Waals surface area (Å²) in [5, 5.41) is 7.79. The second kappa shape index (κ2) is 7.26. The van der Waals surface area contributed by atoms with Gasteiger partial charge in [-0.15, -0.1) is 0 Å². The molecule has 0 fully saturated rings. The van der Waals surface area contributed by atoms with E-state index in [0.29, 0.717) is 17.0 Å². The van der Waals surface area contributed by atoms with Crippen molar-refractivity contribution in [1.29, 1.82) is 5.41 Å². The van der Waals surface area contributed by atoms with Crippen molar-refractivity contribution < 1.29 is 13.9 Å². The van der Waals surface area contributed by atoms with Gasteiger partial charge in [-0.2, -0.15) is 0 Å². The average Bonchev–Trinajstić information content (AvgIpc) is 2.54. The Hall–Kier alpha value is -2.82. The van der Waals surface area contributed by atoms with Crippen LogP contribution in [0, 0.1) is 11.2 Å². The number of hydrogen-bond acceptors (Lipinski definition) is 4. The molecule has 2 aromatic carbocycles. The highest BCUT2D eigenvalue weighted by molar-refractivity contribution is 5.93. The Labute approximate surface area is 128 Å². The maximum Gasteiger partial charge on any atom is 0.208 e. The summed E-state index contributed by atoms with van der Waals surface area (Å²) >= 11 is 0. The van der Waals surface area contributed by atoms with Gasteiger partial charge in [0.2, 0.25) is 5.90 Å². The number of rotatable bonds is 5. The van der Waals surface area contributed by atoms with Crippen LogP contribution in [0.15, 0.2) is 54.6 Å². The van der Waals surface area contributed by atoms with Crippen LogP contribution in [0.3, 0.4) is 0 Å². The molecule has 0 saturated heterocycles. The summed E-state index contributed by atoms with van der Waals surface area (Å²) < 4.78 is 23.3. The van der Waals surface area contributed by atoms with Gasteiger partial charge in [-0.3, -0.25) is 5.41 Å². The normalized spacial score (nSPS) is 11.1. The van der Waals surface area contributed by atoms with Gasteiger partial charge in [0, 0.05) is 17.3 Å². The van der Waals surface area contributed by atoms with E-state index in [1.807, 2.05) is 12.1 Å². The van der Waals surface area contributed by atoms with Gasteiger partial charge in [-0.1, -0.05) is 24.3 Å². The highest BCUT2D eigenvalue weighted by Gasteiger charge is 2.06. The van der Waals surface area contributed by atoms with Gasteiger partial charge in [0.05, 0.1) is 7.11 Å². The fraction of sp³-hybridized carbons (Fsp3) is 0.118. The molecule has 0 amide bonds. The van der Waals surface area contributed by atoms with Crippen molar-refractivity contribution in [3.63, 3.8) is 0 Å². The van der Waals surface area contributed by atoms with E-state index >= 15 is 0 Å². The summed E-state index contributed by atoms with van der Waals surface area (Å²) in [6, 6.07) is 13.2. The van der Waals surface area contributed by atoms with Crippen molar-refractivity contribution in [3.8, 4) is 5.75 Å². The lowest BCUT2D eigenvalue weighted by Crippen LogP contribution is -2.06. The molecule has 0 heterocycles. The molecule has 0 aliphatic heterocycles. The molecule has 0 atom stereocenters. The molecule has 2 aromatic rings. The SMILES string of the molecule is COc1ccccc1/C(N)=C/C(=N)OCc1ccc(F)cc1. The first-order valence-corrected chi connectivity index (χ1v) is 6.66. The van der Waals surface area contributed by atoms with Crippen LogP contribution < -0.4 is 10.5 Å². The van der Waals surface area contributed by atoms with Crippen LogP contribution in [-0.4, -0.2) is 13.0 Å². The van der Waals surface area contributed by atoms with E-state index in [0.717, 1.165) is 5.56 Å². The number of nitrogens with one attached hydrogen (secondary N) is 1. The van der Waals surface area contributed by atoms with E-state index in [2.05, 4.69) is 0 Å². The van der Waals surface area contributed by atoms with Crippen LogP contribution in [-0.2, 0) is 11.3 Å². The molecule has 114 valence electrons. The Morgan fingerprint density at radius 3 is 2.55 bits per heavy atom. The van der Waals surface area contributed by atoms with Crippen molar-refractivity contribution in [3.05, 3.63) is 71.6 Å². The Kier molecular flexibility index (Phi) is 5.14. The van der Waals surface area contributed by atoms with Crippen molar-refractivity contribution >= 4 is 11.6 Å². The van der Waals surface area contributed by atoms with Crippen LogP contribution in [0.1, 0.15) is 11.1 Å². The largest absolute Gasteiger partial charge is 0.496 e. The molecule has 0 radical (unpaired) electrons. The minimum absolute atomic E-state index is 0.0762. The number of ether oxygens (including phenoxy) is 2. The molecule has 0 aromatic heterocycles. The average molecular weight is 300 g/mol. The topological polar surface area (TPSA) is 68.3 Å². The highest BCUT2D eigenvalue weighted by atomic mass is 19.1. The quantitative estimate of drug-likeness (QED) is 0.657. The number of halogens is 1. The second-order valence-corrected chi connectivity index (χ2v) is 4.58. The fourth-order valence-electron chi connectivity index (χ4n) is 1.89. The molecule has 22 heavy (non-hydrogen) atoms. The molecule has 5 heteroatoms. The van der Waals surface area contributed by atoms with Gasteiger partial charge in [0.15, 0.2) is 0 Å². The van der Waals surface area contributed by atoms with Gasteiger partial charge in [-0.05, 0) is 29.8 Å². The predicted molar refractivity (Wildman–Crippen MR) is 84.1 cm³/mol. The monoisotopic (exact) mass is 300 g/mol. The van der Waals surface area contributed by atoms with Crippen LogP contribution in [0.25, 0.3) is 5.70 Å². The maximum absolute atomic E-state index is 12.8. The van der Waals surface area contributed by atoms with E-state index in [1.54, 1.807) is 31.4 Å². The van der Waals surface area contributed by atoms with E-state index in [-0.39, 0.29) is 18.3 Å². The number of nitrogens with two attached hydrogens (primary N) is 1. The molecule has 0 spiro atoms. The number of para-hydroxylation sites is 1. The number of methoxy groups -OCH3 is 1. The molecule has 0 bridgehead atoms. The zero-order valence-electron chi connectivity index (χ0n) is 12.2. The fourth-order valence-corrected chi connectivity index (χ4v) is 1.89.